The number of nitrogens with zero attached hydrogens (tertiary/aromatic N) is 3. The summed E-state index contributed by atoms with van der Waals surface area (Å²) in [5, 5.41) is 17.9. The van der Waals surface area contributed by atoms with E-state index in [-0.39, 0.29) is 11.6 Å². The molecule has 1 fully saturated rings. The Morgan fingerprint density at radius 2 is 1.91 bits per heavy atom. The van der Waals surface area contributed by atoms with E-state index in [1.54, 1.807) is 12.1 Å². The lowest BCUT2D eigenvalue weighted by molar-refractivity contribution is -0.384. The molecule has 4 rings (SSSR count). The zero-order chi connectivity index (χ0) is 23.0. The van der Waals surface area contributed by atoms with Gasteiger partial charge in [-0.3, -0.25) is 14.9 Å². The molecule has 174 valence electrons. The molecule has 2 N–H and O–H groups in total. The number of hydrogen-bond donors (Lipinski definition) is 2. The molecular formula is C25H31N5O3. The highest BCUT2D eigenvalue weighted by atomic mass is 16.6. The molecule has 2 aromatic carbocycles. The normalized spacial score (nSPS) is 18.2. The maximum Gasteiger partial charge on any atom is 0.269 e. The fourth-order valence-corrected chi connectivity index (χ4v) is 4.48. The number of carbonyl (C=O) groups excluding carboxylic acids is 1. The number of likely N-dealkylation sites (tertiary alicyclic amines) is 1. The monoisotopic (exact) mass is 449 g/mol. The maximum atomic E-state index is 11.8. The van der Waals surface area contributed by atoms with Crippen LogP contribution in [0.1, 0.15) is 42.4 Å². The molecule has 1 aliphatic heterocycles. The van der Waals surface area contributed by atoms with Crippen LogP contribution in [0.5, 0.6) is 0 Å². The highest BCUT2D eigenvalue weighted by Crippen LogP contribution is 2.21. The number of rotatable bonds is 8. The molecule has 2 aliphatic rings. The van der Waals surface area contributed by atoms with Crippen molar-refractivity contribution < 1.29 is 9.72 Å². The standard InChI is InChI=1S/C25H31N5O3/c31-24-7-3-15-29(24)16-4-14-26-25(27-18-19-8-12-23(13-9-19)30(32)33)28-22-11-10-20-5-1-2-6-21(20)17-22/h1-2,5-6,8-9,12-13,22H,3-4,7,10-11,14-18H2,(H2,26,27,28). The van der Waals surface area contributed by atoms with Crippen molar-refractivity contribution in [2.75, 3.05) is 19.6 Å². The van der Waals surface area contributed by atoms with Gasteiger partial charge in [-0.1, -0.05) is 36.4 Å². The number of fused-ring (bicyclic) bond motifs is 1. The van der Waals surface area contributed by atoms with Gasteiger partial charge in [-0.05, 0) is 48.8 Å². The van der Waals surface area contributed by atoms with Crippen molar-refractivity contribution in [2.45, 2.75) is 51.1 Å². The van der Waals surface area contributed by atoms with E-state index in [9.17, 15) is 14.9 Å². The largest absolute Gasteiger partial charge is 0.356 e. The van der Waals surface area contributed by atoms with Gasteiger partial charge in [0.15, 0.2) is 5.96 Å². The molecule has 8 nitrogen and oxygen atoms in total. The summed E-state index contributed by atoms with van der Waals surface area (Å²) < 4.78 is 0. The van der Waals surface area contributed by atoms with E-state index in [0.29, 0.717) is 19.0 Å². The highest BCUT2D eigenvalue weighted by molar-refractivity contribution is 5.80. The lowest BCUT2D eigenvalue weighted by Gasteiger charge is -2.27. The van der Waals surface area contributed by atoms with Gasteiger partial charge in [0.1, 0.15) is 0 Å². The minimum absolute atomic E-state index is 0.0801. The van der Waals surface area contributed by atoms with E-state index in [4.69, 9.17) is 4.99 Å². The number of hydrogen-bond acceptors (Lipinski definition) is 4. The number of aryl methyl sites for hydroxylation is 1. The van der Waals surface area contributed by atoms with Crippen LogP contribution >= 0.6 is 0 Å². The molecule has 1 aliphatic carbocycles. The maximum absolute atomic E-state index is 11.8. The Morgan fingerprint density at radius 1 is 1.12 bits per heavy atom. The molecule has 2 aromatic rings. The minimum Gasteiger partial charge on any atom is -0.356 e. The molecule has 0 aromatic heterocycles. The van der Waals surface area contributed by atoms with Crippen LogP contribution in [0, 0.1) is 10.1 Å². The number of guanidine groups is 1. The summed E-state index contributed by atoms with van der Waals surface area (Å²) in [6, 6.07) is 15.4. The molecule has 0 bridgehead atoms. The van der Waals surface area contributed by atoms with Crippen LogP contribution < -0.4 is 10.6 Å². The quantitative estimate of drug-likeness (QED) is 0.212. The fourth-order valence-electron chi connectivity index (χ4n) is 4.48. The first kappa shape index (κ1) is 22.8. The molecular weight excluding hydrogens is 418 g/mol. The van der Waals surface area contributed by atoms with Gasteiger partial charge < -0.3 is 15.5 Å². The van der Waals surface area contributed by atoms with Crippen LogP contribution in [-0.2, 0) is 24.2 Å². The van der Waals surface area contributed by atoms with E-state index >= 15 is 0 Å². The highest BCUT2D eigenvalue weighted by Gasteiger charge is 2.20. The molecule has 1 unspecified atom stereocenters. The summed E-state index contributed by atoms with van der Waals surface area (Å²) in [5.41, 5.74) is 3.79. The first-order valence-electron chi connectivity index (χ1n) is 11.7. The van der Waals surface area contributed by atoms with Crippen molar-refractivity contribution in [1.29, 1.82) is 0 Å². The number of aliphatic imine (C=N–C) groups is 1. The minimum atomic E-state index is -0.395. The fraction of sp³-hybridized carbons (Fsp3) is 0.440. The lowest BCUT2D eigenvalue weighted by Crippen LogP contribution is -2.46. The summed E-state index contributed by atoms with van der Waals surface area (Å²) in [4.78, 5) is 29.0. The summed E-state index contributed by atoms with van der Waals surface area (Å²) in [6.45, 7) is 2.78. The van der Waals surface area contributed by atoms with Crippen molar-refractivity contribution in [3.63, 3.8) is 0 Å². The van der Waals surface area contributed by atoms with Gasteiger partial charge in [0.25, 0.3) is 5.69 Å². The third-order valence-electron chi connectivity index (χ3n) is 6.32. The second-order valence-electron chi connectivity index (χ2n) is 8.71. The Kier molecular flexibility index (Phi) is 7.55. The predicted octanol–water partition coefficient (Wildman–Crippen LogP) is 3.20. The average Bonchev–Trinajstić information content (AvgIpc) is 3.24. The van der Waals surface area contributed by atoms with Gasteiger partial charge in [-0.25, -0.2) is 4.99 Å². The molecule has 0 spiro atoms. The van der Waals surface area contributed by atoms with E-state index in [1.165, 1.54) is 23.3 Å². The Bertz CT molecular complexity index is 1010. The van der Waals surface area contributed by atoms with Crippen LogP contribution in [0.2, 0.25) is 0 Å². The number of nitro groups is 1. The van der Waals surface area contributed by atoms with Crippen LogP contribution in [0.15, 0.2) is 53.5 Å². The Hall–Kier alpha value is -3.42. The van der Waals surface area contributed by atoms with Gasteiger partial charge in [0, 0.05) is 44.2 Å². The van der Waals surface area contributed by atoms with Crippen LogP contribution in [0.25, 0.3) is 0 Å². The number of carbonyl (C=O) groups is 1. The van der Waals surface area contributed by atoms with Crippen molar-refractivity contribution in [2.24, 2.45) is 4.99 Å². The van der Waals surface area contributed by atoms with Crippen molar-refractivity contribution >= 4 is 17.6 Å². The van der Waals surface area contributed by atoms with Crippen molar-refractivity contribution in [1.82, 2.24) is 15.5 Å². The second kappa shape index (κ2) is 10.9. The molecule has 1 amide bonds. The molecule has 0 radical (unpaired) electrons. The van der Waals surface area contributed by atoms with Crippen LogP contribution in [0.4, 0.5) is 5.69 Å². The van der Waals surface area contributed by atoms with Crippen LogP contribution in [0.3, 0.4) is 0 Å². The second-order valence-corrected chi connectivity index (χ2v) is 8.71. The Labute approximate surface area is 194 Å². The number of nitro benzene ring substituents is 1. The summed E-state index contributed by atoms with van der Waals surface area (Å²) >= 11 is 0. The molecule has 1 heterocycles. The molecule has 1 saturated heterocycles. The average molecular weight is 450 g/mol. The van der Waals surface area contributed by atoms with E-state index < -0.39 is 4.92 Å². The lowest BCUT2D eigenvalue weighted by atomic mass is 9.88. The smallest absolute Gasteiger partial charge is 0.269 e. The molecule has 1 atom stereocenters. The van der Waals surface area contributed by atoms with Crippen molar-refractivity contribution in [3.05, 3.63) is 75.3 Å². The van der Waals surface area contributed by atoms with E-state index in [1.807, 2.05) is 4.90 Å². The summed E-state index contributed by atoms with van der Waals surface area (Å²) in [6.07, 6.45) is 5.52. The van der Waals surface area contributed by atoms with E-state index in [2.05, 4.69) is 34.9 Å². The molecule has 8 heteroatoms. The topological polar surface area (TPSA) is 99.9 Å². The number of benzene rings is 2. The zero-order valence-electron chi connectivity index (χ0n) is 18.8. The third kappa shape index (κ3) is 6.31. The summed E-state index contributed by atoms with van der Waals surface area (Å²) in [5.74, 6) is 0.992. The number of amides is 1. The van der Waals surface area contributed by atoms with E-state index in [0.717, 1.165) is 63.3 Å². The van der Waals surface area contributed by atoms with Gasteiger partial charge in [-0.2, -0.15) is 0 Å². The molecule has 33 heavy (non-hydrogen) atoms. The first-order chi connectivity index (χ1) is 16.1. The predicted molar refractivity (Wildman–Crippen MR) is 128 cm³/mol. The van der Waals surface area contributed by atoms with Crippen LogP contribution in [-0.4, -0.2) is 47.4 Å². The Balaban J connectivity index is 1.36. The molecule has 0 saturated carbocycles. The summed E-state index contributed by atoms with van der Waals surface area (Å²) in [7, 11) is 0. The third-order valence-corrected chi connectivity index (χ3v) is 6.32. The van der Waals surface area contributed by atoms with Gasteiger partial charge in [-0.15, -0.1) is 0 Å². The van der Waals surface area contributed by atoms with Gasteiger partial charge in [0.2, 0.25) is 5.91 Å². The van der Waals surface area contributed by atoms with Crippen molar-refractivity contribution in [3.8, 4) is 0 Å². The number of non-ortho nitro benzene ring substituents is 1. The zero-order valence-corrected chi connectivity index (χ0v) is 18.8. The van der Waals surface area contributed by atoms with Gasteiger partial charge in [0.05, 0.1) is 11.5 Å². The SMILES string of the molecule is O=C1CCCN1CCCNC(=NCc1ccc([N+](=O)[O-])cc1)NC1CCc2ccccc2C1. The van der Waals surface area contributed by atoms with Gasteiger partial charge >= 0.3 is 0 Å². The Morgan fingerprint density at radius 3 is 2.64 bits per heavy atom. The number of nitrogens with one attached hydrogen (secondary N) is 2. The first-order valence-corrected chi connectivity index (χ1v) is 11.7.